The predicted octanol–water partition coefficient (Wildman–Crippen LogP) is 4.63. The Hall–Kier alpha value is -2.83. The maximum Gasteiger partial charge on any atom is 0.408 e. The van der Waals surface area contributed by atoms with Gasteiger partial charge in [-0.05, 0) is 53.5 Å². The van der Waals surface area contributed by atoms with Crippen molar-refractivity contribution in [1.82, 2.24) is 10.2 Å². The zero-order valence-corrected chi connectivity index (χ0v) is 20.4. The molecule has 178 valence electrons. The molecule has 0 unspecified atom stereocenters. The summed E-state index contributed by atoms with van der Waals surface area (Å²) in [6, 6.07) is 8.88. The number of rotatable bonds is 9. The number of hydrogen-bond acceptors (Lipinski definition) is 5. The second-order valence-electron chi connectivity index (χ2n) is 9.84. The highest BCUT2D eigenvalue weighted by molar-refractivity contribution is 5.84. The number of benzene rings is 1. The summed E-state index contributed by atoms with van der Waals surface area (Å²) >= 11 is 0. The second-order valence-corrected chi connectivity index (χ2v) is 9.84. The molecule has 0 heterocycles. The van der Waals surface area contributed by atoms with Gasteiger partial charge in [-0.15, -0.1) is 6.58 Å². The van der Waals surface area contributed by atoms with Crippen LogP contribution in [0, 0.1) is 5.92 Å². The number of alkyl carbamates (subject to hydrolysis) is 1. The molecule has 0 aliphatic heterocycles. The first-order chi connectivity index (χ1) is 14.7. The van der Waals surface area contributed by atoms with E-state index in [9.17, 15) is 14.4 Å². The van der Waals surface area contributed by atoms with Crippen LogP contribution in [0.3, 0.4) is 0 Å². The standard InChI is InChI=1S/C25H38N2O5/c1-9-13-19(16-21(28)31-24(2,3)4)22(29)27(8)17-20(18-14-11-10-12-15-18)26-23(30)32-25(5,6)7/h9-12,14-15,19-20H,1,13,16-17H2,2-8H3,(H,26,30)/t19-,20-/m0/s1. The number of allylic oxidation sites excluding steroid dienone is 1. The van der Waals surface area contributed by atoms with Crippen LogP contribution in [0.15, 0.2) is 43.0 Å². The Labute approximate surface area is 192 Å². The summed E-state index contributed by atoms with van der Waals surface area (Å²) in [4.78, 5) is 39.4. The normalized spacial score (nSPS) is 13.5. The Kier molecular flexibility index (Phi) is 9.94. The van der Waals surface area contributed by atoms with Gasteiger partial charge in [-0.3, -0.25) is 9.59 Å². The van der Waals surface area contributed by atoms with Gasteiger partial charge < -0.3 is 19.7 Å². The van der Waals surface area contributed by atoms with E-state index in [0.29, 0.717) is 6.42 Å². The van der Waals surface area contributed by atoms with E-state index in [4.69, 9.17) is 9.47 Å². The summed E-state index contributed by atoms with van der Waals surface area (Å²) in [6.07, 6.45) is 1.36. The fourth-order valence-corrected chi connectivity index (χ4v) is 3.10. The Bertz CT molecular complexity index is 778. The van der Waals surface area contributed by atoms with Crippen LogP contribution in [0.25, 0.3) is 0 Å². The van der Waals surface area contributed by atoms with Crippen LogP contribution in [0.5, 0.6) is 0 Å². The average molecular weight is 447 g/mol. The van der Waals surface area contributed by atoms with Gasteiger partial charge in [0.25, 0.3) is 0 Å². The van der Waals surface area contributed by atoms with Crippen LogP contribution in [0.1, 0.15) is 66.0 Å². The minimum Gasteiger partial charge on any atom is -0.460 e. The first-order valence-electron chi connectivity index (χ1n) is 10.8. The van der Waals surface area contributed by atoms with Crippen molar-refractivity contribution >= 4 is 18.0 Å². The van der Waals surface area contributed by atoms with Crippen LogP contribution in [-0.2, 0) is 19.1 Å². The fourth-order valence-electron chi connectivity index (χ4n) is 3.10. The molecular formula is C25H38N2O5. The number of nitrogens with one attached hydrogen (secondary N) is 1. The molecule has 1 rings (SSSR count). The smallest absolute Gasteiger partial charge is 0.408 e. The highest BCUT2D eigenvalue weighted by atomic mass is 16.6. The van der Waals surface area contributed by atoms with Gasteiger partial charge in [0.05, 0.1) is 18.4 Å². The van der Waals surface area contributed by atoms with E-state index in [1.54, 1.807) is 54.7 Å². The highest BCUT2D eigenvalue weighted by Crippen LogP contribution is 2.20. The molecule has 0 spiro atoms. The molecule has 1 aromatic rings. The van der Waals surface area contributed by atoms with Crippen molar-refractivity contribution in [3.63, 3.8) is 0 Å². The van der Waals surface area contributed by atoms with Crippen molar-refractivity contribution in [2.75, 3.05) is 13.6 Å². The van der Waals surface area contributed by atoms with Crippen LogP contribution >= 0.6 is 0 Å². The molecule has 1 aromatic carbocycles. The van der Waals surface area contributed by atoms with Crippen molar-refractivity contribution in [2.24, 2.45) is 5.92 Å². The molecule has 0 aromatic heterocycles. The number of nitrogens with zero attached hydrogens (tertiary/aromatic N) is 1. The SMILES string of the molecule is C=CC[C@@H](CC(=O)OC(C)(C)C)C(=O)N(C)C[C@H](NC(=O)OC(C)(C)C)c1ccccc1. The number of ether oxygens (including phenoxy) is 2. The van der Waals surface area contributed by atoms with E-state index >= 15 is 0 Å². The van der Waals surface area contributed by atoms with Crippen LogP contribution in [-0.4, -0.2) is 47.7 Å². The lowest BCUT2D eigenvalue weighted by Crippen LogP contribution is -2.43. The molecular weight excluding hydrogens is 408 g/mol. The van der Waals surface area contributed by atoms with Crippen molar-refractivity contribution in [3.8, 4) is 0 Å². The highest BCUT2D eigenvalue weighted by Gasteiger charge is 2.29. The zero-order valence-electron chi connectivity index (χ0n) is 20.4. The van der Waals surface area contributed by atoms with Gasteiger partial charge in [-0.1, -0.05) is 36.4 Å². The lowest BCUT2D eigenvalue weighted by atomic mass is 9.98. The lowest BCUT2D eigenvalue weighted by molar-refractivity contribution is -0.158. The lowest BCUT2D eigenvalue weighted by Gasteiger charge is -2.29. The Morgan fingerprint density at radius 3 is 2.09 bits per heavy atom. The summed E-state index contributed by atoms with van der Waals surface area (Å²) in [5.74, 6) is -1.24. The minimum absolute atomic E-state index is 0.0397. The van der Waals surface area contributed by atoms with Crippen molar-refractivity contribution in [1.29, 1.82) is 0 Å². The minimum atomic E-state index is -0.643. The first-order valence-corrected chi connectivity index (χ1v) is 10.8. The quantitative estimate of drug-likeness (QED) is 0.441. The molecule has 7 heteroatoms. The number of amides is 2. The van der Waals surface area contributed by atoms with Crippen molar-refractivity contribution < 1.29 is 23.9 Å². The van der Waals surface area contributed by atoms with Crippen molar-refractivity contribution in [3.05, 3.63) is 48.6 Å². The Morgan fingerprint density at radius 1 is 1.03 bits per heavy atom. The third-order valence-electron chi connectivity index (χ3n) is 4.36. The number of carbonyl (C=O) groups is 3. The van der Waals surface area contributed by atoms with E-state index < -0.39 is 35.2 Å². The number of likely N-dealkylation sites (N-methyl/N-ethyl adjacent to an activating group) is 1. The average Bonchev–Trinajstić information content (AvgIpc) is 2.64. The second kappa shape index (κ2) is 11.7. The monoisotopic (exact) mass is 446 g/mol. The molecule has 1 N–H and O–H groups in total. The molecule has 32 heavy (non-hydrogen) atoms. The van der Waals surface area contributed by atoms with Gasteiger partial charge in [0, 0.05) is 13.6 Å². The van der Waals surface area contributed by atoms with E-state index in [2.05, 4.69) is 11.9 Å². The summed E-state index contributed by atoms with van der Waals surface area (Å²) in [5, 5.41) is 2.85. The molecule has 2 amide bonds. The number of esters is 1. The summed E-state index contributed by atoms with van der Waals surface area (Å²) in [5.41, 5.74) is -0.429. The molecule has 0 radical (unpaired) electrons. The summed E-state index contributed by atoms with van der Waals surface area (Å²) < 4.78 is 10.8. The van der Waals surface area contributed by atoms with E-state index in [0.717, 1.165) is 5.56 Å². The maximum atomic E-state index is 13.1. The fraction of sp³-hybridized carbons (Fsp3) is 0.560. The molecule has 0 aliphatic carbocycles. The molecule has 0 bridgehead atoms. The molecule has 0 saturated heterocycles. The van der Waals surface area contributed by atoms with Crippen LogP contribution in [0.4, 0.5) is 4.79 Å². The topological polar surface area (TPSA) is 84.9 Å². The molecule has 0 saturated carbocycles. The Morgan fingerprint density at radius 2 is 1.59 bits per heavy atom. The maximum absolute atomic E-state index is 13.1. The van der Waals surface area contributed by atoms with Crippen LogP contribution in [0.2, 0.25) is 0 Å². The predicted molar refractivity (Wildman–Crippen MR) is 125 cm³/mol. The van der Waals surface area contributed by atoms with Gasteiger partial charge in [0.1, 0.15) is 11.2 Å². The van der Waals surface area contributed by atoms with Gasteiger partial charge in [0.2, 0.25) is 5.91 Å². The van der Waals surface area contributed by atoms with Crippen LogP contribution < -0.4 is 5.32 Å². The van der Waals surface area contributed by atoms with Gasteiger partial charge in [-0.25, -0.2) is 4.79 Å². The Balaban J connectivity index is 2.96. The molecule has 7 nitrogen and oxygen atoms in total. The zero-order chi connectivity index (χ0) is 24.5. The molecule has 0 fully saturated rings. The number of carbonyl (C=O) groups excluding carboxylic acids is 3. The summed E-state index contributed by atoms with van der Waals surface area (Å²) in [7, 11) is 1.65. The van der Waals surface area contributed by atoms with Gasteiger partial charge >= 0.3 is 12.1 Å². The van der Waals surface area contributed by atoms with E-state index in [1.807, 2.05) is 30.3 Å². The van der Waals surface area contributed by atoms with E-state index in [-0.39, 0.29) is 18.9 Å². The first kappa shape index (κ1) is 27.2. The summed E-state index contributed by atoms with van der Waals surface area (Å²) in [6.45, 7) is 14.6. The van der Waals surface area contributed by atoms with E-state index in [1.165, 1.54) is 4.90 Å². The van der Waals surface area contributed by atoms with Crippen molar-refractivity contribution in [2.45, 2.75) is 71.6 Å². The largest absolute Gasteiger partial charge is 0.460 e. The van der Waals surface area contributed by atoms with Gasteiger partial charge in [-0.2, -0.15) is 0 Å². The molecule has 0 aliphatic rings. The van der Waals surface area contributed by atoms with Gasteiger partial charge in [0.15, 0.2) is 0 Å². The number of hydrogen-bond donors (Lipinski definition) is 1. The third-order valence-corrected chi connectivity index (χ3v) is 4.36. The third kappa shape index (κ3) is 10.5. The molecule has 2 atom stereocenters.